The molecular formula is C18H12F6O2S. The van der Waals surface area contributed by atoms with Crippen LogP contribution < -0.4 is 0 Å². The van der Waals surface area contributed by atoms with Crippen LogP contribution in [0.15, 0.2) is 48.5 Å². The molecule has 144 valence electrons. The van der Waals surface area contributed by atoms with E-state index in [4.69, 9.17) is 0 Å². The highest BCUT2D eigenvalue weighted by Gasteiger charge is 2.31. The lowest BCUT2D eigenvalue weighted by Crippen LogP contribution is -2.10. The van der Waals surface area contributed by atoms with Crippen molar-refractivity contribution >= 4 is 23.3 Å². The minimum Gasteiger partial charge on any atom is -0.293 e. The number of hydrogen-bond acceptors (Lipinski definition) is 3. The average molecular weight is 406 g/mol. The van der Waals surface area contributed by atoms with Crippen LogP contribution in [0, 0.1) is 0 Å². The minimum atomic E-state index is -4.50. The van der Waals surface area contributed by atoms with Crippen molar-refractivity contribution < 1.29 is 35.9 Å². The summed E-state index contributed by atoms with van der Waals surface area (Å²) in [6.07, 6.45) is -8.99. The maximum atomic E-state index is 12.5. The number of halogens is 6. The molecule has 0 aliphatic carbocycles. The molecule has 2 aromatic carbocycles. The number of thioether (sulfide) groups is 1. The molecule has 0 aliphatic rings. The van der Waals surface area contributed by atoms with Gasteiger partial charge in [0.2, 0.25) is 0 Å². The molecule has 0 fully saturated rings. The number of alkyl halides is 6. The van der Waals surface area contributed by atoms with Crippen molar-refractivity contribution in [3.63, 3.8) is 0 Å². The molecule has 2 rings (SSSR count). The van der Waals surface area contributed by atoms with Gasteiger partial charge >= 0.3 is 12.4 Å². The van der Waals surface area contributed by atoms with Crippen LogP contribution in [-0.2, 0) is 12.4 Å². The fourth-order valence-corrected chi connectivity index (χ4v) is 2.90. The van der Waals surface area contributed by atoms with Crippen LogP contribution >= 0.6 is 11.8 Å². The first-order chi connectivity index (χ1) is 12.5. The van der Waals surface area contributed by atoms with Gasteiger partial charge in [0, 0.05) is 11.1 Å². The molecule has 27 heavy (non-hydrogen) atoms. The van der Waals surface area contributed by atoms with E-state index in [0.29, 0.717) is 0 Å². The summed E-state index contributed by atoms with van der Waals surface area (Å²) in [5.41, 5.74) is -1.58. The molecule has 0 saturated carbocycles. The van der Waals surface area contributed by atoms with Gasteiger partial charge in [-0.25, -0.2) is 0 Å². The highest BCUT2D eigenvalue weighted by Crippen LogP contribution is 2.30. The monoisotopic (exact) mass is 406 g/mol. The molecule has 0 bridgehead atoms. The van der Waals surface area contributed by atoms with E-state index < -0.39 is 35.0 Å². The Labute approximate surface area is 154 Å². The first-order valence-electron chi connectivity index (χ1n) is 7.47. The number of carbonyl (C=O) groups excluding carboxylic acids is 2. The Kier molecular flexibility index (Phi) is 6.35. The second-order valence-corrected chi connectivity index (χ2v) is 6.47. The zero-order valence-electron chi connectivity index (χ0n) is 13.5. The highest BCUT2D eigenvalue weighted by molar-refractivity contribution is 8.00. The third-order valence-corrected chi connectivity index (χ3v) is 4.47. The predicted molar refractivity (Wildman–Crippen MR) is 88.9 cm³/mol. The van der Waals surface area contributed by atoms with Crippen LogP contribution in [0.3, 0.4) is 0 Å². The molecule has 9 heteroatoms. The Balaban J connectivity index is 1.88. The van der Waals surface area contributed by atoms with Crippen LogP contribution in [0.4, 0.5) is 26.3 Å². The third-order valence-electron chi connectivity index (χ3n) is 3.53. The number of rotatable bonds is 6. The van der Waals surface area contributed by atoms with Gasteiger partial charge in [-0.1, -0.05) is 24.3 Å². The fraction of sp³-hybridized carbons (Fsp3) is 0.222. The maximum Gasteiger partial charge on any atom is 0.416 e. The molecule has 0 unspecified atom stereocenters. The third kappa shape index (κ3) is 5.85. The zero-order valence-corrected chi connectivity index (χ0v) is 14.3. The van der Waals surface area contributed by atoms with Crippen molar-refractivity contribution in [1.82, 2.24) is 0 Å². The van der Waals surface area contributed by atoms with E-state index in [1.807, 2.05) is 0 Å². The van der Waals surface area contributed by atoms with Crippen molar-refractivity contribution in [3.8, 4) is 0 Å². The Morgan fingerprint density at radius 2 is 0.926 bits per heavy atom. The van der Waals surface area contributed by atoms with Crippen LogP contribution in [0.1, 0.15) is 31.8 Å². The standard InChI is InChI=1S/C18H12F6O2S/c19-17(20,21)13-5-1-11(2-6-13)15(25)9-27-10-16(26)12-3-7-14(8-4-12)18(22,23)24/h1-8H,9-10H2. The molecule has 0 amide bonds. The first-order valence-corrected chi connectivity index (χ1v) is 8.62. The van der Waals surface area contributed by atoms with Crippen LogP contribution in [0.25, 0.3) is 0 Å². The Morgan fingerprint density at radius 1 is 0.630 bits per heavy atom. The largest absolute Gasteiger partial charge is 0.416 e. The molecule has 0 radical (unpaired) electrons. The maximum absolute atomic E-state index is 12.5. The SMILES string of the molecule is O=C(CSCC(=O)c1ccc(C(F)(F)F)cc1)c1ccc(C(F)(F)F)cc1. The molecule has 2 nitrogen and oxygen atoms in total. The summed E-state index contributed by atoms with van der Waals surface area (Å²) in [4.78, 5) is 23.9. The van der Waals surface area contributed by atoms with Gasteiger partial charge in [0.1, 0.15) is 0 Å². The predicted octanol–water partition coefficient (Wildman–Crippen LogP) is 5.52. The van der Waals surface area contributed by atoms with Gasteiger partial charge < -0.3 is 0 Å². The molecular weight excluding hydrogens is 394 g/mol. The number of hydrogen-bond donors (Lipinski definition) is 0. The number of benzene rings is 2. The normalized spacial score (nSPS) is 12.1. The first kappa shape index (κ1) is 21.0. The molecule has 0 heterocycles. The molecule has 0 atom stereocenters. The smallest absolute Gasteiger partial charge is 0.293 e. The van der Waals surface area contributed by atoms with Gasteiger partial charge in [-0.2, -0.15) is 26.3 Å². The summed E-state index contributed by atoms with van der Waals surface area (Å²) in [5.74, 6) is -1.18. The molecule has 0 aromatic heterocycles. The molecule has 0 saturated heterocycles. The lowest BCUT2D eigenvalue weighted by molar-refractivity contribution is -0.138. The summed E-state index contributed by atoms with van der Waals surface area (Å²) in [5, 5.41) is 0. The molecule has 2 aromatic rings. The summed E-state index contributed by atoms with van der Waals surface area (Å²) < 4.78 is 74.8. The van der Waals surface area contributed by atoms with Crippen molar-refractivity contribution in [2.24, 2.45) is 0 Å². The van der Waals surface area contributed by atoms with Crippen molar-refractivity contribution in [3.05, 3.63) is 70.8 Å². The molecule has 0 N–H and O–H groups in total. The van der Waals surface area contributed by atoms with Gasteiger partial charge in [0.15, 0.2) is 11.6 Å². The number of Topliss-reactive ketones (excluding diaryl/α,β-unsaturated/α-hetero) is 2. The van der Waals surface area contributed by atoms with E-state index in [9.17, 15) is 35.9 Å². The van der Waals surface area contributed by atoms with E-state index in [1.54, 1.807) is 0 Å². The fourth-order valence-electron chi connectivity index (χ4n) is 2.09. The number of carbonyl (C=O) groups is 2. The topological polar surface area (TPSA) is 34.1 Å². The number of ketones is 2. The van der Waals surface area contributed by atoms with E-state index in [1.165, 1.54) is 0 Å². The second-order valence-electron chi connectivity index (χ2n) is 5.49. The summed E-state index contributed by atoms with van der Waals surface area (Å²) in [7, 11) is 0. The van der Waals surface area contributed by atoms with Crippen molar-refractivity contribution in [2.75, 3.05) is 11.5 Å². The zero-order chi connectivity index (χ0) is 20.2. The Bertz CT molecular complexity index is 738. The highest BCUT2D eigenvalue weighted by atomic mass is 32.2. The van der Waals surface area contributed by atoms with E-state index in [0.717, 1.165) is 60.3 Å². The summed E-state index contributed by atoms with van der Waals surface area (Å²) >= 11 is 0.935. The lowest BCUT2D eigenvalue weighted by Gasteiger charge is -2.08. The average Bonchev–Trinajstić information content (AvgIpc) is 2.60. The Hall–Kier alpha value is -2.29. The van der Waals surface area contributed by atoms with Crippen molar-refractivity contribution in [2.45, 2.75) is 12.4 Å². The van der Waals surface area contributed by atoms with Crippen LogP contribution in [-0.4, -0.2) is 23.1 Å². The van der Waals surface area contributed by atoms with Crippen LogP contribution in [0.2, 0.25) is 0 Å². The summed E-state index contributed by atoms with van der Waals surface area (Å²) in [6.45, 7) is 0. The van der Waals surface area contributed by atoms with Gasteiger partial charge in [0.05, 0.1) is 22.6 Å². The molecule has 0 aliphatic heterocycles. The summed E-state index contributed by atoms with van der Waals surface area (Å²) in [6, 6.07) is 7.42. The van der Waals surface area contributed by atoms with E-state index in [2.05, 4.69) is 0 Å². The van der Waals surface area contributed by atoms with Gasteiger partial charge in [0.25, 0.3) is 0 Å². The Morgan fingerprint density at radius 3 is 1.19 bits per heavy atom. The van der Waals surface area contributed by atoms with Crippen molar-refractivity contribution in [1.29, 1.82) is 0 Å². The molecule has 0 spiro atoms. The van der Waals surface area contributed by atoms with Crippen LogP contribution in [0.5, 0.6) is 0 Å². The quantitative estimate of drug-likeness (QED) is 0.468. The lowest BCUT2D eigenvalue weighted by atomic mass is 10.1. The van der Waals surface area contributed by atoms with Gasteiger partial charge in [-0.15, -0.1) is 11.8 Å². The van der Waals surface area contributed by atoms with E-state index >= 15 is 0 Å². The van der Waals surface area contributed by atoms with Gasteiger partial charge in [-0.05, 0) is 24.3 Å². The van der Waals surface area contributed by atoms with E-state index in [-0.39, 0.29) is 22.6 Å². The second kappa shape index (κ2) is 8.16. The minimum absolute atomic E-state index is 0.0810. The van der Waals surface area contributed by atoms with Gasteiger partial charge in [-0.3, -0.25) is 9.59 Å².